The molecule has 0 N–H and O–H groups in total. The number of amides is 1. The maximum Gasteiger partial charge on any atom is 0.409 e. The molecule has 0 fully saturated rings. The minimum absolute atomic E-state index is 0.0993. The molecule has 0 bridgehead atoms. The van der Waals surface area contributed by atoms with E-state index in [1.807, 2.05) is 13.8 Å². The van der Waals surface area contributed by atoms with Crippen molar-refractivity contribution in [1.82, 2.24) is 4.90 Å². The fourth-order valence-electron chi connectivity index (χ4n) is 4.91. The van der Waals surface area contributed by atoms with Crippen molar-refractivity contribution in [1.29, 1.82) is 0 Å². The van der Waals surface area contributed by atoms with Gasteiger partial charge in [-0.25, -0.2) is 4.79 Å². The van der Waals surface area contributed by atoms with Crippen molar-refractivity contribution < 1.29 is 31.6 Å². The van der Waals surface area contributed by atoms with Crippen LogP contribution in [0.2, 0.25) is 0 Å². The molecular formula is C27H36N2O7S. The second-order valence-electron chi connectivity index (χ2n) is 9.38. The Morgan fingerprint density at radius 2 is 1.84 bits per heavy atom. The predicted molar refractivity (Wildman–Crippen MR) is 140 cm³/mol. The molecule has 9 nitrogen and oxygen atoms in total. The van der Waals surface area contributed by atoms with Crippen LogP contribution in [0.15, 0.2) is 35.2 Å². The lowest BCUT2D eigenvalue weighted by molar-refractivity contribution is 0.0639. The van der Waals surface area contributed by atoms with Gasteiger partial charge in [0, 0.05) is 26.7 Å². The molecule has 0 saturated carbocycles. The van der Waals surface area contributed by atoms with E-state index in [2.05, 4.69) is 17.9 Å². The van der Waals surface area contributed by atoms with Gasteiger partial charge >= 0.3 is 6.09 Å². The highest BCUT2D eigenvalue weighted by atomic mass is 32.2. The second-order valence-corrected chi connectivity index (χ2v) is 11.0. The van der Waals surface area contributed by atoms with Gasteiger partial charge in [-0.15, -0.1) is 0 Å². The SMILES string of the molecule is CCOC(=O)N1CCc2cc3c(c(C)c2CC1)N(C[C@@H](COS(=O)(=O)c1ccc(C)cc1)OC)CCO3. The summed E-state index contributed by atoms with van der Waals surface area (Å²) in [6, 6.07) is 8.66. The summed E-state index contributed by atoms with van der Waals surface area (Å²) in [4.78, 5) is 16.4. The van der Waals surface area contributed by atoms with Crippen molar-refractivity contribution >= 4 is 21.9 Å². The Bertz CT molecular complexity index is 1210. The van der Waals surface area contributed by atoms with Crippen LogP contribution >= 0.6 is 0 Å². The summed E-state index contributed by atoms with van der Waals surface area (Å²) < 4.78 is 47.6. The molecule has 1 atom stereocenters. The van der Waals surface area contributed by atoms with Gasteiger partial charge in [-0.1, -0.05) is 17.7 Å². The van der Waals surface area contributed by atoms with Crippen LogP contribution in [0.25, 0.3) is 0 Å². The lowest BCUT2D eigenvalue weighted by Crippen LogP contribution is -2.41. The lowest BCUT2D eigenvalue weighted by atomic mass is 9.94. The molecule has 4 rings (SSSR count). The summed E-state index contributed by atoms with van der Waals surface area (Å²) in [5.74, 6) is 0.801. The molecule has 37 heavy (non-hydrogen) atoms. The molecule has 2 aliphatic rings. The van der Waals surface area contributed by atoms with E-state index in [0.717, 1.165) is 35.4 Å². The number of rotatable bonds is 8. The Balaban J connectivity index is 1.49. The predicted octanol–water partition coefficient (Wildman–Crippen LogP) is 3.48. The van der Waals surface area contributed by atoms with Crippen molar-refractivity contribution in [2.45, 2.75) is 44.6 Å². The minimum atomic E-state index is -3.89. The Hall–Kier alpha value is -2.82. The number of hydrogen-bond donors (Lipinski definition) is 0. The first-order valence-electron chi connectivity index (χ1n) is 12.7. The number of carbonyl (C=O) groups is 1. The van der Waals surface area contributed by atoms with Crippen molar-refractivity contribution in [3.8, 4) is 5.75 Å². The Morgan fingerprint density at radius 1 is 1.11 bits per heavy atom. The van der Waals surface area contributed by atoms with E-state index in [4.69, 9.17) is 18.4 Å². The topological polar surface area (TPSA) is 94.6 Å². The summed E-state index contributed by atoms with van der Waals surface area (Å²) >= 11 is 0. The van der Waals surface area contributed by atoms with E-state index in [9.17, 15) is 13.2 Å². The van der Waals surface area contributed by atoms with Crippen LogP contribution in [-0.2, 0) is 36.6 Å². The highest BCUT2D eigenvalue weighted by molar-refractivity contribution is 7.86. The molecule has 0 radical (unpaired) electrons. The average Bonchev–Trinajstić information content (AvgIpc) is 3.10. The molecule has 2 aromatic carbocycles. The number of carbonyl (C=O) groups excluding carboxylic acids is 1. The molecule has 1 amide bonds. The number of anilines is 1. The number of hydrogen-bond acceptors (Lipinski definition) is 8. The van der Waals surface area contributed by atoms with Gasteiger partial charge in [0.2, 0.25) is 0 Å². The third-order valence-corrected chi connectivity index (χ3v) is 8.25. The first kappa shape index (κ1) is 27.2. The van der Waals surface area contributed by atoms with Crippen LogP contribution < -0.4 is 9.64 Å². The normalized spacial score (nSPS) is 16.3. The van der Waals surface area contributed by atoms with Crippen LogP contribution in [-0.4, -0.2) is 78.6 Å². The quantitative estimate of drug-likeness (QED) is 0.477. The molecule has 0 aromatic heterocycles. The number of benzene rings is 2. The third-order valence-electron chi connectivity index (χ3n) is 6.95. The van der Waals surface area contributed by atoms with Crippen molar-refractivity contribution in [2.75, 3.05) is 58.0 Å². The van der Waals surface area contributed by atoms with Gasteiger partial charge < -0.3 is 24.0 Å². The zero-order valence-electron chi connectivity index (χ0n) is 22.0. The Kier molecular flexibility index (Phi) is 8.61. The molecule has 2 aliphatic heterocycles. The van der Waals surface area contributed by atoms with Crippen molar-refractivity contribution in [3.05, 3.63) is 52.6 Å². The van der Waals surface area contributed by atoms with Crippen LogP contribution in [0.5, 0.6) is 5.75 Å². The maximum atomic E-state index is 12.7. The zero-order chi connectivity index (χ0) is 26.6. The Labute approximate surface area is 219 Å². The standard InChI is InChI=1S/C27H36N2O7S/c1-5-34-27(30)28-12-10-21-16-25-26(20(3)24(21)11-13-28)29(14-15-35-25)17-22(33-4)18-36-37(31,32)23-8-6-19(2)7-9-23/h6-9,16,22H,5,10-15,17-18H2,1-4H3/t22-/m0/s1. The van der Waals surface area contributed by atoms with Gasteiger partial charge in [-0.05, 0) is 68.5 Å². The first-order valence-corrected chi connectivity index (χ1v) is 14.1. The molecular weight excluding hydrogens is 496 g/mol. The summed E-state index contributed by atoms with van der Waals surface area (Å²) in [7, 11) is -2.33. The van der Waals surface area contributed by atoms with Gasteiger partial charge in [-0.3, -0.25) is 4.18 Å². The van der Waals surface area contributed by atoms with Crippen LogP contribution in [0.1, 0.15) is 29.2 Å². The lowest BCUT2D eigenvalue weighted by Gasteiger charge is -2.36. The summed E-state index contributed by atoms with van der Waals surface area (Å²) in [5.41, 5.74) is 5.47. The number of aryl methyl sites for hydroxylation is 1. The zero-order valence-corrected chi connectivity index (χ0v) is 22.8. The Morgan fingerprint density at radius 3 is 2.54 bits per heavy atom. The van der Waals surface area contributed by atoms with E-state index in [0.29, 0.717) is 39.4 Å². The summed E-state index contributed by atoms with van der Waals surface area (Å²) in [6.45, 7) is 8.85. The van der Waals surface area contributed by atoms with Crippen molar-refractivity contribution in [2.24, 2.45) is 0 Å². The molecule has 202 valence electrons. The average molecular weight is 533 g/mol. The molecule has 0 saturated heterocycles. The number of ether oxygens (including phenoxy) is 3. The molecule has 0 aliphatic carbocycles. The molecule has 2 aromatic rings. The maximum absolute atomic E-state index is 12.7. The third kappa shape index (κ3) is 6.19. The molecule has 10 heteroatoms. The van der Waals surface area contributed by atoms with E-state index >= 15 is 0 Å². The van der Waals surface area contributed by atoms with E-state index in [1.165, 1.54) is 11.1 Å². The molecule has 0 unspecified atom stereocenters. The van der Waals surface area contributed by atoms with E-state index in [1.54, 1.807) is 36.3 Å². The van der Waals surface area contributed by atoms with Crippen LogP contribution in [0.4, 0.5) is 10.5 Å². The summed E-state index contributed by atoms with van der Waals surface area (Å²) in [5, 5.41) is 0. The smallest absolute Gasteiger partial charge is 0.409 e. The fourth-order valence-corrected chi connectivity index (χ4v) is 5.84. The summed E-state index contributed by atoms with van der Waals surface area (Å²) in [6.07, 6.45) is 0.715. The highest BCUT2D eigenvalue weighted by Gasteiger charge is 2.29. The number of nitrogens with zero attached hydrogens (tertiary/aromatic N) is 2. The van der Waals surface area contributed by atoms with E-state index in [-0.39, 0.29) is 17.6 Å². The number of methoxy groups -OCH3 is 1. The van der Waals surface area contributed by atoms with E-state index < -0.39 is 16.2 Å². The van der Waals surface area contributed by atoms with Crippen LogP contribution in [0.3, 0.4) is 0 Å². The van der Waals surface area contributed by atoms with Crippen LogP contribution in [0, 0.1) is 13.8 Å². The van der Waals surface area contributed by atoms with Gasteiger partial charge in [-0.2, -0.15) is 8.42 Å². The van der Waals surface area contributed by atoms with Gasteiger partial charge in [0.05, 0.1) is 36.4 Å². The minimum Gasteiger partial charge on any atom is -0.490 e. The van der Waals surface area contributed by atoms with Gasteiger partial charge in [0.25, 0.3) is 10.1 Å². The fraction of sp³-hybridized carbons (Fsp3) is 0.519. The van der Waals surface area contributed by atoms with Gasteiger partial charge in [0.15, 0.2) is 0 Å². The molecule has 2 heterocycles. The monoisotopic (exact) mass is 532 g/mol. The molecule has 0 spiro atoms. The number of fused-ring (bicyclic) bond motifs is 2. The highest BCUT2D eigenvalue weighted by Crippen LogP contribution is 2.40. The van der Waals surface area contributed by atoms with Gasteiger partial charge in [0.1, 0.15) is 12.4 Å². The largest absolute Gasteiger partial charge is 0.490 e. The second kappa shape index (κ2) is 11.7. The van der Waals surface area contributed by atoms with Crippen molar-refractivity contribution in [3.63, 3.8) is 0 Å². The first-order chi connectivity index (χ1) is 17.7.